The van der Waals surface area contributed by atoms with Crippen LogP contribution in [0, 0.1) is 6.92 Å². The number of nitrogens with one attached hydrogen (secondary N) is 1. The summed E-state index contributed by atoms with van der Waals surface area (Å²) in [6.07, 6.45) is 0. The fourth-order valence-corrected chi connectivity index (χ4v) is 5.67. The van der Waals surface area contributed by atoms with E-state index >= 15 is 0 Å². The molecule has 0 aliphatic heterocycles. The third-order valence-electron chi connectivity index (χ3n) is 6.11. The van der Waals surface area contributed by atoms with Crippen LogP contribution in [0.15, 0.2) is 82.2 Å². The van der Waals surface area contributed by atoms with Crippen LogP contribution < -0.4 is 14.4 Å². The standard InChI is InChI=1S/C29H34BrN3O5S/c1-5-31-29(35)22(4)32(19-23-13-15-24(30)16-14-23)28(34)20-33(26-9-7-8-10-27(26)38-6-2)39(36,37)25-17-11-21(3)12-18-25/h7-18,22H,5-6,19-20H2,1-4H3,(H,31,35)/t22-/m0/s1. The normalized spacial score (nSPS) is 11.9. The number of rotatable bonds is 12. The first-order chi connectivity index (χ1) is 18.6. The summed E-state index contributed by atoms with van der Waals surface area (Å²) < 4.78 is 35.6. The zero-order chi connectivity index (χ0) is 28.6. The van der Waals surface area contributed by atoms with Crippen molar-refractivity contribution < 1.29 is 22.7 Å². The van der Waals surface area contributed by atoms with Gasteiger partial charge in [-0.2, -0.15) is 0 Å². The first-order valence-corrected chi connectivity index (χ1v) is 14.9. The number of hydrogen-bond acceptors (Lipinski definition) is 5. The molecule has 0 saturated carbocycles. The quantitative estimate of drug-likeness (QED) is 0.312. The van der Waals surface area contributed by atoms with Gasteiger partial charge in [0.05, 0.1) is 17.2 Å². The van der Waals surface area contributed by atoms with Crippen LogP contribution in [-0.2, 0) is 26.2 Å². The maximum absolute atomic E-state index is 14.0. The number of carbonyl (C=O) groups excluding carboxylic acids is 2. The smallest absolute Gasteiger partial charge is 0.264 e. The van der Waals surface area contributed by atoms with Crippen LogP contribution >= 0.6 is 15.9 Å². The number of carbonyl (C=O) groups is 2. The van der Waals surface area contributed by atoms with Crippen molar-refractivity contribution in [3.05, 3.63) is 88.4 Å². The number of halogens is 1. The van der Waals surface area contributed by atoms with Gasteiger partial charge in [-0.15, -0.1) is 0 Å². The second-order valence-electron chi connectivity index (χ2n) is 8.94. The summed E-state index contributed by atoms with van der Waals surface area (Å²) in [6.45, 7) is 7.41. The maximum atomic E-state index is 14.0. The van der Waals surface area contributed by atoms with Gasteiger partial charge in [0.25, 0.3) is 10.0 Å². The molecule has 0 bridgehead atoms. The molecule has 8 nitrogen and oxygen atoms in total. The van der Waals surface area contributed by atoms with Crippen molar-refractivity contribution in [2.75, 3.05) is 24.0 Å². The molecule has 0 saturated heterocycles. The Balaban J connectivity index is 2.07. The number of amides is 2. The molecule has 3 aromatic rings. The van der Waals surface area contributed by atoms with Crippen molar-refractivity contribution in [1.82, 2.24) is 10.2 Å². The van der Waals surface area contributed by atoms with E-state index in [4.69, 9.17) is 4.74 Å². The lowest BCUT2D eigenvalue weighted by Crippen LogP contribution is -2.51. The molecule has 39 heavy (non-hydrogen) atoms. The molecule has 10 heteroatoms. The third-order valence-corrected chi connectivity index (χ3v) is 8.41. The Morgan fingerprint density at radius 1 is 0.974 bits per heavy atom. The van der Waals surface area contributed by atoms with E-state index in [2.05, 4.69) is 21.2 Å². The molecule has 0 radical (unpaired) electrons. The first kappa shape index (κ1) is 30.2. The molecule has 3 aromatic carbocycles. The molecule has 2 amide bonds. The van der Waals surface area contributed by atoms with Crippen LogP contribution in [0.4, 0.5) is 5.69 Å². The highest BCUT2D eigenvalue weighted by Gasteiger charge is 2.33. The second-order valence-corrected chi connectivity index (χ2v) is 11.7. The SMILES string of the molecule is CCNC(=O)[C@H](C)N(Cc1ccc(Br)cc1)C(=O)CN(c1ccccc1OCC)S(=O)(=O)c1ccc(C)cc1. The molecule has 0 aromatic heterocycles. The van der Waals surface area contributed by atoms with E-state index in [1.807, 2.05) is 31.2 Å². The lowest BCUT2D eigenvalue weighted by molar-refractivity contribution is -0.139. The molecule has 208 valence electrons. The predicted molar refractivity (Wildman–Crippen MR) is 156 cm³/mol. The van der Waals surface area contributed by atoms with Crippen LogP contribution in [-0.4, -0.2) is 50.9 Å². The van der Waals surface area contributed by atoms with E-state index in [1.165, 1.54) is 17.0 Å². The lowest BCUT2D eigenvalue weighted by atomic mass is 10.1. The number of benzene rings is 3. The number of ether oxygens (including phenoxy) is 1. The highest BCUT2D eigenvalue weighted by molar-refractivity contribution is 9.10. The number of para-hydroxylation sites is 2. The fourth-order valence-electron chi connectivity index (χ4n) is 3.98. The highest BCUT2D eigenvalue weighted by atomic mass is 79.9. The number of anilines is 1. The van der Waals surface area contributed by atoms with E-state index < -0.39 is 28.5 Å². The van der Waals surface area contributed by atoms with Crippen molar-refractivity contribution in [2.45, 2.75) is 45.2 Å². The number of sulfonamides is 1. The topological polar surface area (TPSA) is 96.0 Å². The molecular weight excluding hydrogens is 582 g/mol. The maximum Gasteiger partial charge on any atom is 0.264 e. The molecule has 1 N–H and O–H groups in total. The summed E-state index contributed by atoms with van der Waals surface area (Å²) in [7, 11) is -4.18. The number of hydrogen-bond donors (Lipinski definition) is 1. The van der Waals surface area contributed by atoms with E-state index in [0.29, 0.717) is 18.9 Å². The minimum Gasteiger partial charge on any atom is -0.492 e. The van der Waals surface area contributed by atoms with Gasteiger partial charge in [0.2, 0.25) is 11.8 Å². The van der Waals surface area contributed by atoms with Crippen LogP contribution in [0.2, 0.25) is 0 Å². The van der Waals surface area contributed by atoms with Crippen LogP contribution in [0.5, 0.6) is 5.75 Å². The Bertz CT molecular complexity index is 1380. The highest BCUT2D eigenvalue weighted by Crippen LogP contribution is 2.33. The van der Waals surface area contributed by atoms with Gasteiger partial charge >= 0.3 is 0 Å². The van der Waals surface area contributed by atoms with E-state index in [1.54, 1.807) is 57.2 Å². The van der Waals surface area contributed by atoms with Gasteiger partial charge < -0.3 is 15.0 Å². The molecule has 0 aliphatic carbocycles. The zero-order valence-electron chi connectivity index (χ0n) is 22.6. The van der Waals surface area contributed by atoms with Gasteiger partial charge in [0, 0.05) is 17.6 Å². The lowest BCUT2D eigenvalue weighted by Gasteiger charge is -2.32. The minimum atomic E-state index is -4.18. The largest absolute Gasteiger partial charge is 0.492 e. The third kappa shape index (κ3) is 7.60. The van der Waals surface area contributed by atoms with Crippen LogP contribution in [0.3, 0.4) is 0 Å². The summed E-state index contributed by atoms with van der Waals surface area (Å²) in [5, 5.41) is 2.76. The van der Waals surface area contributed by atoms with Gasteiger partial charge in [-0.05, 0) is 69.7 Å². The van der Waals surface area contributed by atoms with Crippen molar-refractivity contribution in [3.63, 3.8) is 0 Å². The molecule has 0 fully saturated rings. The average molecular weight is 617 g/mol. The molecule has 0 unspecified atom stereocenters. The van der Waals surface area contributed by atoms with E-state index in [9.17, 15) is 18.0 Å². The summed E-state index contributed by atoms with van der Waals surface area (Å²) in [6, 6.07) is 19.7. The Morgan fingerprint density at radius 3 is 2.23 bits per heavy atom. The molecule has 0 aliphatic rings. The van der Waals surface area contributed by atoms with E-state index in [-0.39, 0.29) is 23.0 Å². The summed E-state index contributed by atoms with van der Waals surface area (Å²) in [5.74, 6) is -0.524. The van der Waals surface area contributed by atoms with Gasteiger partial charge in [0.1, 0.15) is 18.3 Å². The van der Waals surface area contributed by atoms with Crippen molar-refractivity contribution >= 4 is 43.5 Å². The first-order valence-electron chi connectivity index (χ1n) is 12.7. The minimum absolute atomic E-state index is 0.0448. The molecule has 1 atom stereocenters. The van der Waals surface area contributed by atoms with Crippen LogP contribution in [0.25, 0.3) is 0 Å². The average Bonchev–Trinajstić information content (AvgIpc) is 2.92. The number of nitrogens with zero attached hydrogens (tertiary/aromatic N) is 2. The van der Waals surface area contributed by atoms with Gasteiger partial charge in [-0.3, -0.25) is 13.9 Å². The molecule has 0 spiro atoms. The Hall–Kier alpha value is -3.37. The van der Waals surface area contributed by atoms with Gasteiger partial charge in [0.15, 0.2) is 0 Å². The fraction of sp³-hybridized carbons (Fsp3) is 0.310. The molecule has 0 heterocycles. The molecule has 3 rings (SSSR count). The van der Waals surface area contributed by atoms with Gasteiger partial charge in [-0.1, -0.05) is 57.9 Å². The molecular formula is C29H34BrN3O5S. The Morgan fingerprint density at radius 2 is 1.62 bits per heavy atom. The summed E-state index contributed by atoms with van der Waals surface area (Å²) in [4.78, 5) is 28.2. The number of aryl methyl sites for hydroxylation is 1. The van der Waals surface area contributed by atoms with Crippen LogP contribution in [0.1, 0.15) is 31.9 Å². The van der Waals surface area contributed by atoms with Crippen molar-refractivity contribution in [3.8, 4) is 5.75 Å². The van der Waals surface area contributed by atoms with E-state index in [0.717, 1.165) is 19.9 Å². The number of likely N-dealkylation sites (N-methyl/N-ethyl adjacent to an activating group) is 1. The predicted octanol–water partition coefficient (Wildman–Crippen LogP) is 4.90. The van der Waals surface area contributed by atoms with Crippen molar-refractivity contribution in [2.24, 2.45) is 0 Å². The van der Waals surface area contributed by atoms with Crippen molar-refractivity contribution in [1.29, 1.82) is 0 Å². The second kappa shape index (κ2) is 13.6. The summed E-state index contributed by atoms with van der Waals surface area (Å²) in [5.41, 5.74) is 1.94. The summed E-state index contributed by atoms with van der Waals surface area (Å²) >= 11 is 3.41. The Labute approximate surface area is 239 Å². The van der Waals surface area contributed by atoms with Gasteiger partial charge in [-0.25, -0.2) is 8.42 Å². The Kier molecular flexibility index (Phi) is 10.5. The monoisotopic (exact) mass is 615 g/mol. The zero-order valence-corrected chi connectivity index (χ0v) is 25.0.